The zero-order valence-electron chi connectivity index (χ0n) is 15.2. The van der Waals surface area contributed by atoms with Gasteiger partial charge in [-0.25, -0.2) is 21.6 Å². The van der Waals surface area contributed by atoms with E-state index in [1.165, 1.54) is 6.92 Å². The van der Waals surface area contributed by atoms with Crippen LogP contribution in [0.3, 0.4) is 0 Å². The minimum atomic E-state index is -3.54. The number of allylic oxidation sites excluding steroid dienone is 1. The molecule has 0 fully saturated rings. The lowest BCUT2D eigenvalue weighted by molar-refractivity contribution is -0.148. The van der Waals surface area contributed by atoms with Crippen molar-refractivity contribution in [1.82, 2.24) is 0 Å². The first-order chi connectivity index (χ1) is 9.73. The Hall–Kier alpha value is -1.15. The van der Waals surface area contributed by atoms with Gasteiger partial charge in [-0.2, -0.15) is 0 Å². The standard InChI is InChI=1S/C8H14O4S.C7H14O2S/c1-6(13(5,10)11)7(9)12-8(2,3)4;1-6(2)10(8,9)7(3,4)5/h1H2,2-5H3;1H2,2-5H3. The van der Waals surface area contributed by atoms with Crippen molar-refractivity contribution in [1.29, 1.82) is 0 Å². The van der Waals surface area contributed by atoms with E-state index in [1.54, 1.807) is 41.5 Å². The van der Waals surface area contributed by atoms with Gasteiger partial charge in [0.15, 0.2) is 19.7 Å². The van der Waals surface area contributed by atoms with Crippen LogP contribution in [-0.4, -0.2) is 39.4 Å². The third kappa shape index (κ3) is 8.90. The summed E-state index contributed by atoms with van der Waals surface area (Å²) in [5.74, 6) is -0.894. The van der Waals surface area contributed by atoms with Crippen molar-refractivity contribution in [2.75, 3.05) is 6.26 Å². The SMILES string of the molecule is C=C(C(=O)OC(C)(C)C)S(C)(=O)=O.C=C(C)S(=O)(=O)C(C)(C)C. The third-order valence-electron chi connectivity index (χ3n) is 2.34. The molecule has 23 heavy (non-hydrogen) atoms. The van der Waals surface area contributed by atoms with Crippen LogP contribution in [0.4, 0.5) is 0 Å². The molecular formula is C15H28O6S2. The predicted molar refractivity (Wildman–Crippen MR) is 93.3 cm³/mol. The smallest absolute Gasteiger partial charge is 0.349 e. The molecule has 0 aromatic rings. The second-order valence-corrected chi connectivity index (χ2v) is 12.0. The first-order valence-electron chi connectivity index (χ1n) is 6.76. The lowest BCUT2D eigenvalue weighted by Gasteiger charge is -2.19. The highest BCUT2D eigenvalue weighted by atomic mass is 32.2. The van der Waals surface area contributed by atoms with Crippen LogP contribution in [0.1, 0.15) is 48.5 Å². The largest absolute Gasteiger partial charge is 0.456 e. The fraction of sp³-hybridized carbons (Fsp3) is 0.667. The van der Waals surface area contributed by atoms with Gasteiger partial charge in [0, 0.05) is 11.2 Å². The Morgan fingerprint density at radius 3 is 1.39 bits per heavy atom. The highest BCUT2D eigenvalue weighted by molar-refractivity contribution is 7.96. The molecule has 0 aliphatic rings. The predicted octanol–water partition coefficient (Wildman–Crippen LogP) is 2.62. The minimum absolute atomic E-state index is 0.236. The van der Waals surface area contributed by atoms with Gasteiger partial charge in [-0.15, -0.1) is 0 Å². The maximum absolute atomic E-state index is 11.3. The van der Waals surface area contributed by atoms with Crippen LogP contribution in [0.2, 0.25) is 0 Å². The number of rotatable bonds is 3. The number of esters is 1. The van der Waals surface area contributed by atoms with Crippen LogP contribution in [0.15, 0.2) is 23.0 Å². The summed E-state index contributed by atoms with van der Waals surface area (Å²) in [5.41, 5.74) is -0.704. The zero-order chi connectivity index (χ0) is 19.4. The number of hydrogen-bond acceptors (Lipinski definition) is 6. The van der Waals surface area contributed by atoms with E-state index in [1.807, 2.05) is 0 Å². The quantitative estimate of drug-likeness (QED) is 0.561. The average molecular weight is 369 g/mol. The number of hydrogen-bond donors (Lipinski definition) is 0. The summed E-state index contributed by atoms with van der Waals surface area (Å²) >= 11 is 0. The topological polar surface area (TPSA) is 94.6 Å². The summed E-state index contributed by atoms with van der Waals surface area (Å²) in [6.07, 6.45) is 0.916. The molecule has 136 valence electrons. The van der Waals surface area contributed by atoms with E-state index >= 15 is 0 Å². The summed E-state index contributed by atoms with van der Waals surface area (Å²) in [7, 11) is -6.65. The van der Waals surface area contributed by atoms with Gasteiger partial charge in [0.25, 0.3) is 0 Å². The number of carbonyl (C=O) groups is 1. The van der Waals surface area contributed by atoms with Crippen molar-refractivity contribution in [3.63, 3.8) is 0 Å². The van der Waals surface area contributed by atoms with Crippen LogP contribution in [0.5, 0.6) is 0 Å². The average Bonchev–Trinajstić information content (AvgIpc) is 2.23. The molecule has 0 aromatic heterocycles. The zero-order valence-corrected chi connectivity index (χ0v) is 16.8. The molecule has 0 aromatic carbocycles. The van der Waals surface area contributed by atoms with Crippen molar-refractivity contribution >= 4 is 25.6 Å². The molecular weight excluding hydrogens is 340 g/mol. The molecule has 0 amide bonds. The van der Waals surface area contributed by atoms with E-state index in [0.717, 1.165) is 6.26 Å². The summed E-state index contributed by atoms with van der Waals surface area (Å²) in [6, 6.07) is 0. The molecule has 0 aliphatic carbocycles. The molecule has 0 unspecified atom stereocenters. The Balaban J connectivity index is 0. The van der Waals surface area contributed by atoms with Gasteiger partial charge in [0.1, 0.15) is 10.5 Å². The maximum Gasteiger partial charge on any atom is 0.349 e. The molecule has 0 spiro atoms. The molecule has 0 atom stereocenters. The van der Waals surface area contributed by atoms with Crippen molar-refractivity contribution in [3.05, 3.63) is 23.0 Å². The molecule has 0 radical (unpaired) electrons. The lowest BCUT2D eigenvalue weighted by atomic mass is 10.2. The van der Waals surface area contributed by atoms with Crippen molar-refractivity contribution < 1.29 is 26.4 Å². The van der Waals surface area contributed by atoms with E-state index in [4.69, 9.17) is 4.74 Å². The van der Waals surface area contributed by atoms with Gasteiger partial charge < -0.3 is 4.74 Å². The molecule has 0 bridgehead atoms. The van der Waals surface area contributed by atoms with E-state index < -0.39 is 40.9 Å². The summed E-state index contributed by atoms with van der Waals surface area (Å²) in [4.78, 5) is 10.8. The van der Waals surface area contributed by atoms with Crippen LogP contribution in [0.25, 0.3) is 0 Å². The van der Waals surface area contributed by atoms with Gasteiger partial charge in [-0.1, -0.05) is 13.2 Å². The normalized spacial score (nSPS) is 12.7. The van der Waals surface area contributed by atoms with Crippen LogP contribution < -0.4 is 0 Å². The Morgan fingerprint density at radius 2 is 1.26 bits per heavy atom. The molecule has 0 aliphatic heterocycles. The molecule has 0 N–H and O–H groups in total. The van der Waals surface area contributed by atoms with E-state index in [9.17, 15) is 21.6 Å². The second kappa shape index (κ2) is 7.61. The Kier molecular flexibility index (Phi) is 7.98. The van der Waals surface area contributed by atoms with E-state index in [-0.39, 0.29) is 4.91 Å². The molecule has 6 nitrogen and oxygen atoms in total. The number of sulfone groups is 2. The van der Waals surface area contributed by atoms with Crippen molar-refractivity contribution in [2.24, 2.45) is 0 Å². The molecule has 0 saturated heterocycles. The number of ether oxygens (including phenoxy) is 1. The first kappa shape index (κ1) is 24.1. The Labute approximate surface area is 140 Å². The maximum atomic E-state index is 11.3. The van der Waals surface area contributed by atoms with Crippen molar-refractivity contribution in [2.45, 2.75) is 58.8 Å². The summed E-state index contributed by atoms with van der Waals surface area (Å²) in [6.45, 7) is 18.0. The second-order valence-electron chi connectivity index (χ2n) is 7.02. The molecule has 0 saturated carbocycles. The van der Waals surface area contributed by atoms with Crippen LogP contribution in [0, 0.1) is 0 Å². The highest BCUT2D eigenvalue weighted by Crippen LogP contribution is 2.21. The third-order valence-corrected chi connectivity index (χ3v) is 5.93. The number of carbonyl (C=O) groups excluding carboxylic acids is 1. The van der Waals surface area contributed by atoms with Gasteiger partial charge >= 0.3 is 5.97 Å². The molecule has 0 heterocycles. The summed E-state index contributed by atoms with van der Waals surface area (Å²) in [5, 5.41) is 0. The van der Waals surface area contributed by atoms with E-state index in [0.29, 0.717) is 0 Å². The Bertz CT molecular complexity index is 668. The van der Waals surface area contributed by atoms with Gasteiger partial charge in [-0.3, -0.25) is 0 Å². The van der Waals surface area contributed by atoms with Gasteiger partial charge in [0.2, 0.25) is 0 Å². The van der Waals surface area contributed by atoms with Gasteiger partial charge in [0.05, 0.1) is 4.75 Å². The highest BCUT2D eigenvalue weighted by Gasteiger charge is 2.29. The van der Waals surface area contributed by atoms with Crippen molar-refractivity contribution in [3.8, 4) is 0 Å². The van der Waals surface area contributed by atoms with E-state index in [2.05, 4.69) is 13.2 Å². The fourth-order valence-electron chi connectivity index (χ4n) is 1.01. The summed E-state index contributed by atoms with van der Waals surface area (Å²) < 4.78 is 48.3. The fourth-order valence-corrected chi connectivity index (χ4v) is 2.40. The Morgan fingerprint density at radius 1 is 0.913 bits per heavy atom. The first-order valence-corrected chi connectivity index (χ1v) is 10.1. The molecule has 8 heteroatoms. The minimum Gasteiger partial charge on any atom is -0.456 e. The van der Waals surface area contributed by atoms with Gasteiger partial charge in [-0.05, 0) is 48.5 Å². The molecule has 0 rings (SSSR count). The monoisotopic (exact) mass is 368 g/mol. The van der Waals surface area contributed by atoms with Crippen LogP contribution in [-0.2, 0) is 29.2 Å². The lowest BCUT2D eigenvalue weighted by Crippen LogP contribution is -2.27. The van der Waals surface area contributed by atoms with Crippen LogP contribution >= 0.6 is 0 Å².